The molecule has 0 aliphatic carbocycles. The zero-order valence-electron chi connectivity index (χ0n) is 22.7. The minimum atomic E-state index is -1.13. The Labute approximate surface area is 233 Å². The lowest BCUT2D eigenvalue weighted by atomic mass is 9.70. The molecule has 3 N–H and O–H groups in total. The Morgan fingerprint density at radius 1 is 1.02 bits per heavy atom. The van der Waals surface area contributed by atoms with Crippen molar-refractivity contribution in [1.29, 1.82) is 0 Å². The Balaban J connectivity index is 1.32. The number of fused-ring (bicyclic) bond motifs is 2. The van der Waals surface area contributed by atoms with Crippen molar-refractivity contribution in [3.63, 3.8) is 0 Å². The molecule has 3 aromatic carbocycles. The lowest BCUT2D eigenvalue weighted by Gasteiger charge is -2.38. The van der Waals surface area contributed by atoms with Crippen LogP contribution in [-0.2, 0) is 25.7 Å². The number of rotatable bonds is 8. The van der Waals surface area contributed by atoms with Gasteiger partial charge in [0.25, 0.3) is 0 Å². The number of benzene rings is 3. The van der Waals surface area contributed by atoms with Crippen LogP contribution in [0.1, 0.15) is 32.3 Å². The molecular weight excluding hydrogens is 506 g/mol. The summed E-state index contributed by atoms with van der Waals surface area (Å²) in [5, 5.41) is 18.4. The monoisotopic (exact) mass is 541 g/mol. The number of aliphatic hydroxyl groups excluding tert-OH is 1. The summed E-state index contributed by atoms with van der Waals surface area (Å²) in [6.07, 6.45) is 0.653. The normalized spacial score (nSPS) is 27.7. The van der Waals surface area contributed by atoms with Gasteiger partial charge in [-0.2, -0.15) is 0 Å². The van der Waals surface area contributed by atoms with E-state index in [0.29, 0.717) is 25.1 Å². The minimum absolute atomic E-state index is 0.109. The van der Waals surface area contributed by atoms with Crippen molar-refractivity contribution in [3.8, 4) is 0 Å². The molecule has 40 heavy (non-hydrogen) atoms. The van der Waals surface area contributed by atoms with E-state index in [1.807, 2.05) is 86.6 Å². The van der Waals surface area contributed by atoms with Crippen molar-refractivity contribution in [2.75, 3.05) is 11.9 Å². The Morgan fingerprint density at radius 3 is 2.48 bits per heavy atom. The van der Waals surface area contributed by atoms with Crippen molar-refractivity contribution in [2.24, 2.45) is 17.8 Å². The molecule has 208 valence electrons. The molecule has 3 aliphatic rings. The first-order chi connectivity index (χ1) is 19.3. The van der Waals surface area contributed by atoms with Gasteiger partial charge < -0.3 is 25.4 Å². The first-order valence-electron chi connectivity index (χ1n) is 14.1. The highest BCUT2D eigenvalue weighted by Crippen LogP contribution is 2.59. The van der Waals surface area contributed by atoms with Crippen LogP contribution in [0.5, 0.6) is 0 Å². The smallest absolute Gasteiger partial charge is 0.250 e. The number of carbonyl (C=O) groups is 3. The van der Waals surface area contributed by atoms with Gasteiger partial charge in [0.15, 0.2) is 0 Å². The van der Waals surface area contributed by atoms with Crippen LogP contribution in [0.2, 0.25) is 0 Å². The number of amides is 3. The zero-order chi connectivity index (χ0) is 28.0. The van der Waals surface area contributed by atoms with Gasteiger partial charge in [0.2, 0.25) is 17.7 Å². The highest BCUT2D eigenvalue weighted by Gasteiger charge is 2.75. The molecule has 1 spiro atoms. The molecule has 6 rings (SSSR count). The summed E-state index contributed by atoms with van der Waals surface area (Å²) in [4.78, 5) is 43.3. The summed E-state index contributed by atoms with van der Waals surface area (Å²) >= 11 is 0. The van der Waals surface area contributed by atoms with Crippen molar-refractivity contribution < 1.29 is 24.2 Å². The van der Waals surface area contributed by atoms with Crippen molar-refractivity contribution >= 4 is 34.2 Å². The van der Waals surface area contributed by atoms with E-state index in [-0.39, 0.29) is 30.2 Å². The Morgan fingerprint density at radius 2 is 1.75 bits per heavy atom. The number of hydrogen-bond donors (Lipinski definition) is 3. The van der Waals surface area contributed by atoms with Crippen molar-refractivity contribution in [3.05, 3.63) is 78.4 Å². The molecule has 3 amide bonds. The second-order valence-electron chi connectivity index (χ2n) is 11.5. The number of nitrogens with zero attached hydrogens (tertiary/aromatic N) is 1. The third-order valence-corrected chi connectivity index (χ3v) is 8.93. The zero-order valence-corrected chi connectivity index (χ0v) is 22.7. The maximum atomic E-state index is 14.2. The van der Waals surface area contributed by atoms with Gasteiger partial charge in [-0.05, 0) is 47.2 Å². The maximum absolute atomic E-state index is 14.2. The predicted molar refractivity (Wildman–Crippen MR) is 151 cm³/mol. The number of ether oxygens (including phenoxy) is 1. The van der Waals surface area contributed by atoms with Crippen LogP contribution < -0.4 is 10.6 Å². The van der Waals surface area contributed by atoms with Crippen LogP contribution in [0, 0.1) is 17.8 Å². The summed E-state index contributed by atoms with van der Waals surface area (Å²) in [5.74, 6) is -2.50. The second-order valence-corrected chi connectivity index (χ2v) is 11.5. The molecule has 6 atom stereocenters. The number of nitrogens with one attached hydrogen (secondary N) is 2. The lowest BCUT2D eigenvalue weighted by Crippen LogP contribution is -2.57. The summed E-state index contributed by atoms with van der Waals surface area (Å²) in [6, 6.07) is 21.6. The fraction of sp³-hybridized carbons (Fsp3) is 0.406. The maximum Gasteiger partial charge on any atom is 0.250 e. The molecule has 3 heterocycles. The molecule has 8 nitrogen and oxygen atoms in total. The molecular formula is C32H35N3O5. The molecule has 2 bridgehead atoms. The third kappa shape index (κ3) is 4.26. The van der Waals surface area contributed by atoms with Crippen molar-refractivity contribution in [1.82, 2.24) is 10.2 Å². The molecule has 0 aromatic heterocycles. The molecule has 3 saturated heterocycles. The van der Waals surface area contributed by atoms with Gasteiger partial charge in [-0.25, -0.2) is 0 Å². The number of hydrogen-bond acceptors (Lipinski definition) is 5. The average molecular weight is 542 g/mol. The third-order valence-electron chi connectivity index (χ3n) is 8.93. The van der Waals surface area contributed by atoms with E-state index in [1.54, 1.807) is 0 Å². The fourth-order valence-corrected chi connectivity index (χ4v) is 7.05. The number of likely N-dealkylation sites (tertiary alicyclic amines) is 1. The second kappa shape index (κ2) is 10.3. The SMILES string of the molecule is CC(C)[C@H](CO)N1C(=O)[C@@H]2[C@@H](C(=O)NCc3ccccc3)[C@H]3CCC2(O3)C1C(=O)Nc1ccc2ccccc2c1. The lowest BCUT2D eigenvalue weighted by molar-refractivity contribution is -0.145. The standard InChI is InChI=1S/C32H35N3O5/c1-19(2)24(18-36)35-28(30(38)34-23-13-12-21-10-6-7-11-22(21)16-23)32-15-14-25(40-32)26(27(32)31(35)39)29(37)33-17-20-8-4-3-5-9-20/h3-13,16,19,24-28,36H,14-15,17-18H2,1-2H3,(H,33,37)(H,34,38)/t24-,25+,26-,27-,28?,32?/m0/s1. The Kier molecular flexibility index (Phi) is 6.84. The number of aliphatic hydroxyl groups is 1. The van der Waals surface area contributed by atoms with Gasteiger partial charge in [-0.3, -0.25) is 14.4 Å². The molecule has 8 heteroatoms. The van der Waals surface area contributed by atoms with Crippen LogP contribution in [0.25, 0.3) is 10.8 Å². The predicted octanol–water partition coefficient (Wildman–Crippen LogP) is 3.49. The average Bonchev–Trinajstić information content (AvgIpc) is 3.60. The van der Waals surface area contributed by atoms with Gasteiger partial charge in [-0.15, -0.1) is 0 Å². The van der Waals surface area contributed by atoms with E-state index >= 15 is 0 Å². The summed E-state index contributed by atoms with van der Waals surface area (Å²) in [6.45, 7) is 3.89. The van der Waals surface area contributed by atoms with Crippen LogP contribution >= 0.6 is 0 Å². The van der Waals surface area contributed by atoms with Crippen LogP contribution in [-0.4, -0.2) is 58.1 Å². The molecule has 3 fully saturated rings. The topological polar surface area (TPSA) is 108 Å². The van der Waals surface area contributed by atoms with Gasteiger partial charge >= 0.3 is 0 Å². The van der Waals surface area contributed by atoms with Gasteiger partial charge in [0.05, 0.1) is 30.6 Å². The Bertz CT molecular complexity index is 1440. The van der Waals surface area contributed by atoms with E-state index in [0.717, 1.165) is 16.3 Å². The van der Waals surface area contributed by atoms with Gasteiger partial charge in [0, 0.05) is 12.2 Å². The van der Waals surface area contributed by atoms with E-state index in [1.165, 1.54) is 4.90 Å². The number of anilines is 1. The van der Waals surface area contributed by atoms with Crippen LogP contribution in [0.3, 0.4) is 0 Å². The van der Waals surface area contributed by atoms with E-state index in [4.69, 9.17) is 4.74 Å². The van der Waals surface area contributed by atoms with Crippen LogP contribution in [0.4, 0.5) is 5.69 Å². The number of carbonyl (C=O) groups excluding carboxylic acids is 3. The minimum Gasteiger partial charge on any atom is -0.394 e. The largest absolute Gasteiger partial charge is 0.394 e. The molecule has 0 radical (unpaired) electrons. The molecule has 3 aromatic rings. The summed E-state index contributed by atoms with van der Waals surface area (Å²) in [5.41, 5.74) is 0.451. The quantitative estimate of drug-likeness (QED) is 0.405. The van der Waals surface area contributed by atoms with Crippen LogP contribution in [0.15, 0.2) is 72.8 Å². The van der Waals surface area contributed by atoms with Crippen molar-refractivity contribution in [2.45, 2.75) is 57.0 Å². The Hall–Kier alpha value is -3.75. The van der Waals surface area contributed by atoms with E-state index < -0.39 is 35.6 Å². The van der Waals surface area contributed by atoms with Gasteiger partial charge in [0.1, 0.15) is 11.6 Å². The highest BCUT2D eigenvalue weighted by atomic mass is 16.5. The first-order valence-corrected chi connectivity index (χ1v) is 14.1. The first kappa shape index (κ1) is 26.5. The van der Waals surface area contributed by atoms with Gasteiger partial charge in [-0.1, -0.05) is 74.5 Å². The fourth-order valence-electron chi connectivity index (χ4n) is 7.05. The molecule has 3 aliphatic heterocycles. The summed E-state index contributed by atoms with van der Waals surface area (Å²) < 4.78 is 6.52. The van der Waals surface area contributed by atoms with E-state index in [9.17, 15) is 19.5 Å². The highest BCUT2D eigenvalue weighted by molar-refractivity contribution is 6.04. The molecule has 2 unspecified atom stereocenters. The molecule has 0 saturated carbocycles. The van der Waals surface area contributed by atoms with E-state index in [2.05, 4.69) is 10.6 Å². The summed E-state index contributed by atoms with van der Waals surface area (Å²) in [7, 11) is 0.